The first-order valence-corrected chi connectivity index (χ1v) is 11.1. The molecule has 0 fully saturated rings. The van der Waals surface area contributed by atoms with E-state index in [1.165, 1.54) is 4.90 Å². The van der Waals surface area contributed by atoms with Crippen molar-refractivity contribution < 1.29 is 14.7 Å². The van der Waals surface area contributed by atoms with E-state index in [0.717, 1.165) is 46.0 Å². The van der Waals surface area contributed by atoms with Gasteiger partial charge in [-0.05, 0) is 43.2 Å². The molecule has 0 radical (unpaired) electrons. The maximum atomic E-state index is 12.3. The number of imide groups is 1. The molecule has 2 aromatic carbocycles. The summed E-state index contributed by atoms with van der Waals surface area (Å²) in [5.41, 5.74) is 1.97. The summed E-state index contributed by atoms with van der Waals surface area (Å²) in [7, 11) is 0. The van der Waals surface area contributed by atoms with Gasteiger partial charge in [0.15, 0.2) is 4.34 Å². The van der Waals surface area contributed by atoms with E-state index in [9.17, 15) is 14.7 Å². The van der Waals surface area contributed by atoms with Gasteiger partial charge >= 0.3 is 0 Å². The van der Waals surface area contributed by atoms with Crippen LogP contribution in [0.15, 0.2) is 46.8 Å². The van der Waals surface area contributed by atoms with Gasteiger partial charge < -0.3 is 5.11 Å². The molecular formula is C21H20N2O3S2. The van der Waals surface area contributed by atoms with Gasteiger partial charge in [-0.1, -0.05) is 36.7 Å². The van der Waals surface area contributed by atoms with Crippen LogP contribution in [0.3, 0.4) is 0 Å². The number of thioether (sulfide) groups is 1. The van der Waals surface area contributed by atoms with Crippen molar-refractivity contribution in [2.45, 2.75) is 30.0 Å². The molecule has 0 unspecified atom stereocenters. The summed E-state index contributed by atoms with van der Waals surface area (Å²) in [4.78, 5) is 30.5. The second kappa shape index (κ2) is 8.32. The summed E-state index contributed by atoms with van der Waals surface area (Å²) in [5.74, 6) is 0.917. The SMILES string of the molecule is O=C1c2ccccc2C(=O)N1CCCCCCSc1nc2ccc(O)cc2s1. The molecule has 2 heterocycles. The Hall–Kier alpha value is -2.38. The number of aromatic nitrogens is 1. The zero-order valence-electron chi connectivity index (χ0n) is 15.3. The Bertz CT molecular complexity index is 996. The number of phenolic OH excluding ortho intramolecular Hbond substituents is 1. The highest BCUT2D eigenvalue weighted by Crippen LogP contribution is 2.32. The Kier molecular flexibility index (Phi) is 5.64. The van der Waals surface area contributed by atoms with E-state index in [4.69, 9.17) is 0 Å². The van der Waals surface area contributed by atoms with Crippen molar-refractivity contribution in [3.8, 4) is 5.75 Å². The van der Waals surface area contributed by atoms with Crippen molar-refractivity contribution in [1.82, 2.24) is 9.88 Å². The van der Waals surface area contributed by atoms with Crippen LogP contribution in [0, 0.1) is 0 Å². The number of rotatable bonds is 8. The van der Waals surface area contributed by atoms with Crippen LogP contribution in [0.25, 0.3) is 10.2 Å². The molecule has 1 aromatic heterocycles. The Labute approximate surface area is 171 Å². The Morgan fingerprint density at radius 2 is 1.68 bits per heavy atom. The third-order valence-corrected chi connectivity index (χ3v) is 6.98. The fraction of sp³-hybridized carbons (Fsp3) is 0.286. The number of nitrogens with zero attached hydrogens (tertiary/aromatic N) is 2. The number of hydrogen-bond donors (Lipinski definition) is 1. The number of aromatic hydroxyl groups is 1. The van der Waals surface area contributed by atoms with Gasteiger partial charge in [0, 0.05) is 12.3 Å². The van der Waals surface area contributed by atoms with E-state index in [1.807, 2.05) is 6.07 Å². The maximum Gasteiger partial charge on any atom is 0.261 e. The third kappa shape index (κ3) is 3.91. The van der Waals surface area contributed by atoms with Gasteiger partial charge in [0.2, 0.25) is 0 Å². The van der Waals surface area contributed by atoms with Crippen LogP contribution in [0.5, 0.6) is 5.75 Å². The molecule has 5 nitrogen and oxygen atoms in total. The van der Waals surface area contributed by atoms with Crippen LogP contribution in [-0.4, -0.2) is 39.1 Å². The minimum Gasteiger partial charge on any atom is -0.508 e. The number of hydrogen-bond acceptors (Lipinski definition) is 6. The zero-order valence-corrected chi connectivity index (χ0v) is 16.9. The maximum absolute atomic E-state index is 12.3. The smallest absolute Gasteiger partial charge is 0.261 e. The molecule has 1 aliphatic heterocycles. The normalized spacial score (nSPS) is 13.5. The number of thiazole rings is 1. The monoisotopic (exact) mass is 412 g/mol. The van der Waals surface area contributed by atoms with Gasteiger partial charge in [-0.3, -0.25) is 14.5 Å². The number of unbranched alkanes of at least 4 members (excludes halogenated alkanes) is 3. The zero-order chi connectivity index (χ0) is 19.5. The summed E-state index contributed by atoms with van der Waals surface area (Å²) < 4.78 is 2.02. The molecule has 0 aliphatic carbocycles. The molecule has 4 rings (SSSR count). The van der Waals surface area contributed by atoms with E-state index in [1.54, 1.807) is 59.5 Å². The van der Waals surface area contributed by atoms with Crippen molar-refractivity contribution in [2.75, 3.05) is 12.3 Å². The average Bonchev–Trinajstić information content (AvgIpc) is 3.20. The average molecular weight is 413 g/mol. The molecule has 0 bridgehead atoms. The Balaban J connectivity index is 1.17. The highest BCUT2D eigenvalue weighted by atomic mass is 32.2. The van der Waals surface area contributed by atoms with Crippen molar-refractivity contribution in [2.24, 2.45) is 0 Å². The molecule has 0 saturated carbocycles. The van der Waals surface area contributed by atoms with Crippen LogP contribution in [0.1, 0.15) is 46.4 Å². The first-order chi connectivity index (χ1) is 13.6. The number of fused-ring (bicyclic) bond motifs is 2. The summed E-state index contributed by atoms with van der Waals surface area (Å²) in [5, 5.41) is 9.53. The van der Waals surface area contributed by atoms with E-state index in [-0.39, 0.29) is 17.6 Å². The largest absolute Gasteiger partial charge is 0.508 e. The van der Waals surface area contributed by atoms with Gasteiger partial charge in [0.1, 0.15) is 5.75 Å². The molecule has 1 aliphatic rings. The fourth-order valence-corrected chi connectivity index (χ4v) is 5.45. The molecular weight excluding hydrogens is 392 g/mol. The number of carbonyl (C=O) groups excluding carboxylic acids is 2. The molecule has 3 aromatic rings. The third-order valence-electron chi connectivity index (χ3n) is 4.73. The second-order valence-electron chi connectivity index (χ2n) is 6.70. The highest BCUT2D eigenvalue weighted by Gasteiger charge is 2.34. The lowest BCUT2D eigenvalue weighted by Gasteiger charge is -2.13. The molecule has 28 heavy (non-hydrogen) atoms. The lowest BCUT2D eigenvalue weighted by atomic mass is 10.1. The van der Waals surface area contributed by atoms with Gasteiger partial charge in [-0.25, -0.2) is 4.98 Å². The highest BCUT2D eigenvalue weighted by molar-refractivity contribution is 8.01. The van der Waals surface area contributed by atoms with Gasteiger partial charge in [-0.15, -0.1) is 11.3 Å². The first kappa shape index (κ1) is 19.0. The molecule has 0 atom stereocenters. The number of benzene rings is 2. The molecule has 144 valence electrons. The van der Waals surface area contributed by atoms with Gasteiger partial charge in [-0.2, -0.15) is 0 Å². The van der Waals surface area contributed by atoms with Crippen LogP contribution < -0.4 is 0 Å². The quantitative estimate of drug-likeness (QED) is 0.322. The second-order valence-corrected chi connectivity index (χ2v) is 9.07. The van der Waals surface area contributed by atoms with Crippen molar-refractivity contribution in [1.29, 1.82) is 0 Å². The van der Waals surface area contributed by atoms with Gasteiger partial charge in [0.05, 0.1) is 21.3 Å². The standard InChI is InChI=1S/C21H20N2O3S2/c24-14-9-10-17-18(13-14)28-21(22-17)27-12-6-2-1-5-11-23-19(25)15-7-3-4-8-16(15)20(23)26/h3-4,7-10,13,24H,1-2,5-6,11-12H2. The predicted molar refractivity (Wildman–Crippen MR) is 112 cm³/mol. The van der Waals surface area contributed by atoms with Crippen LogP contribution in [-0.2, 0) is 0 Å². The minimum absolute atomic E-state index is 0.168. The van der Waals surface area contributed by atoms with Crippen LogP contribution in [0.2, 0.25) is 0 Å². The molecule has 1 N–H and O–H groups in total. The van der Waals surface area contributed by atoms with Crippen molar-refractivity contribution >= 4 is 45.1 Å². The topological polar surface area (TPSA) is 70.5 Å². The Morgan fingerprint density at radius 3 is 2.43 bits per heavy atom. The minimum atomic E-state index is -0.168. The fourth-order valence-electron chi connectivity index (χ4n) is 3.28. The summed E-state index contributed by atoms with van der Waals surface area (Å²) in [6, 6.07) is 12.3. The van der Waals surface area contributed by atoms with E-state index in [0.29, 0.717) is 17.7 Å². The Morgan fingerprint density at radius 1 is 0.964 bits per heavy atom. The number of carbonyl (C=O) groups is 2. The van der Waals surface area contributed by atoms with Crippen molar-refractivity contribution in [3.63, 3.8) is 0 Å². The molecule has 0 saturated heterocycles. The van der Waals surface area contributed by atoms with Crippen LogP contribution in [0.4, 0.5) is 0 Å². The van der Waals surface area contributed by atoms with E-state index in [2.05, 4.69) is 4.98 Å². The number of amides is 2. The summed E-state index contributed by atoms with van der Waals surface area (Å²) in [6.07, 6.45) is 3.94. The first-order valence-electron chi connectivity index (χ1n) is 9.31. The summed E-state index contributed by atoms with van der Waals surface area (Å²) >= 11 is 3.34. The van der Waals surface area contributed by atoms with E-state index < -0.39 is 0 Å². The van der Waals surface area contributed by atoms with Gasteiger partial charge in [0.25, 0.3) is 11.8 Å². The number of phenols is 1. The lowest BCUT2D eigenvalue weighted by Crippen LogP contribution is -2.30. The molecule has 0 spiro atoms. The van der Waals surface area contributed by atoms with Crippen LogP contribution >= 0.6 is 23.1 Å². The summed E-state index contributed by atoms with van der Waals surface area (Å²) in [6.45, 7) is 0.487. The van der Waals surface area contributed by atoms with E-state index >= 15 is 0 Å². The predicted octanol–water partition coefficient (Wildman–Crippen LogP) is 4.95. The van der Waals surface area contributed by atoms with Crippen molar-refractivity contribution in [3.05, 3.63) is 53.6 Å². The molecule has 2 amide bonds. The lowest BCUT2D eigenvalue weighted by molar-refractivity contribution is 0.0651. The molecule has 7 heteroatoms.